The molecule has 0 saturated heterocycles. The molecule has 0 spiro atoms. The zero-order chi connectivity index (χ0) is 7.11. The molecule has 0 N–H and O–H groups in total. The first-order valence-electron chi connectivity index (χ1n) is 3.67. The van der Waals surface area contributed by atoms with E-state index in [4.69, 9.17) is 4.43 Å². The minimum atomic E-state index is 0.427. The summed E-state index contributed by atoms with van der Waals surface area (Å²) in [6, 6.07) is 0. The molecule has 0 amide bonds. The number of hydrogen-bond acceptors (Lipinski definition) is 1. The molecule has 2 heteroatoms. The van der Waals surface area contributed by atoms with E-state index in [1.165, 1.54) is 12.8 Å². The van der Waals surface area contributed by atoms with Gasteiger partial charge in [0.15, 0.2) is 0 Å². The quantitative estimate of drug-likeness (QED) is 0.535. The molecule has 0 aromatic rings. The van der Waals surface area contributed by atoms with Crippen molar-refractivity contribution in [2.24, 2.45) is 0 Å². The Kier molecular flexibility index (Phi) is 6.42. The highest BCUT2D eigenvalue weighted by molar-refractivity contribution is 5.98. The van der Waals surface area contributed by atoms with Crippen LogP contribution in [0, 0.1) is 0 Å². The molecule has 0 fully saturated rings. The van der Waals surface area contributed by atoms with Gasteiger partial charge in [0.2, 0.25) is 10.5 Å². The van der Waals surface area contributed by atoms with Crippen LogP contribution in [0.15, 0.2) is 0 Å². The topological polar surface area (TPSA) is 9.23 Å². The van der Waals surface area contributed by atoms with Gasteiger partial charge in [0.1, 0.15) is 0 Å². The van der Waals surface area contributed by atoms with Crippen molar-refractivity contribution in [3.05, 3.63) is 0 Å². The third-order valence-corrected chi connectivity index (χ3v) is 1.72. The summed E-state index contributed by atoms with van der Waals surface area (Å²) in [5.41, 5.74) is 0. The zero-order valence-corrected chi connectivity index (χ0v) is 7.31. The second kappa shape index (κ2) is 6.30. The average molecular weight is 143 g/mol. The van der Waals surface area contributed by atoms with Gasteiger partial charge in [0.25, 0.3) is 0 Å². The molecule has 0 saturated carbocycles. The van der Waals surface area contributed by atoms with E-state index in [0.29, 0.717) is 6.10 Å². The number of rotatable bonds is 5. The van der Waals surface area contributed by atoms with Crippen molar-refractivity contribution in [2.75, 3.05) is 0 Å². The van der Waals surface area contributed by atoms with E-state index in [2.05, 4.69) is 24.3 Å². The Morgan fingerprint density at radius 2 is 1.67 bits per heavy atom. The molecular weight excluding hydrogens is 128 g/mol. The Labute approximate surface area is 61.3 Å². The lowest BCUT2D eigenvalue weighted by molar-refractivity contribution is 0.196. The third-order valence-electron chi connectivity index (χ3n) is 1.39. The number of hydrogen-bond donors (Lipinski definition) is 0. The predicted octanol–water partition coefficient (Wildman–Crippen LogP) is 2.06. The molecule has 3 radical (unpaired) electrons. The van der Waals surface area contributed by atoms with Crippen molar-refractivity contribution in [1.82, 2.24) is 0 Å². The van der Waals surface area contributed by atoms with Crippen molar-refractivity contribution in [2.45, 2.75) is 45.6 Å². The molecule has 9 heavy (non-hydrogen) atoms. The maximum absolute atomic E-state index is 5.04. The molecule has 0 aliphatic heterocycles. The van der Waals surface area contributed by atoms with Gasteiger partial charge < -0.3 is 4.43 Å². The minimum Gasteiger partial charge on any atom is -0.416 e. The molecule has 0 aliphatic rings. The van der Waals surface area contributed by atoms with Crippen LogP contribution in [0.3, 0.4) is 0 Å². The van der Waals surface area contributed by atoms with Gasteiger partial charge in [-0.25, -0.2) is 0 Å². The summed E-state index contributed by atoms with van der Waals surface area (Å²) in [5.74, 6) is 0. The van der Waals surface area contributed by atoms with E-state index in [1.54, 1.807) is 0 Å². The van der Waals surface area contributed by atoms with Gasteiger partial charge in [-0.2, -0.15) is 0 Å². The molecule has 0 heterocycles. The lowest BCUT2D eigenvalue weighted by Crippen LogP contribution is -2.09. The fraction of sp³-hybridized carbons (Fsp3) is 1.00. The monoisotopic (exact) mass is 143 g/mol. The van der Waals surface area contributed by atoms with Crippen LogP contribution in [-0.2, 0) is 4.43 Å². The summed E-state index contributed by atoms with van der Waals surface area (Å²) in [6.45, 7) is 4.35. The van der Waals surface area contributed by atoms with Crippen LogP contribution in [0.1, 0.15) is 39.5 Å². The van der Waals surface area contributed by atoms with Crippen LogP contribution >= 0.6 is 0 Å². The maximum Gasteiger partial charge on any atom is 0.246 e. The lowest BCUT2D eigenvalue weighted by Gasteiger charge is -2.11. The van der Waals surface area contributed by atoms with Gasteiger partial charge in [0, 0.05) is 6.10 Å². The van der Waals surface area contributed by atoms with Crippen molar-refractivity contribution < 1.29 is 4.43 Å². The highest BCUT2D eigenvalue weighted by Crippen LogP contribution is 2.06. The molecule has 0 aromatic heterocycles. The van der Waals surface area contributed by atoms with Gasteiger partial charge in [-0.05, 0) is 12.8 Å². The summed E-state index contributed by atoms with van der Waals surface area (Å²) < 4.78 is 5.04. The summed E-state index contributed by atoms with van der Waals surface area (Å²) in [5, 5.41) is 0. The first-order chi connectivity index (χ1) is 4.35. The Morgan fingerprint density at radius 3 is 1.89 bits per heavy atom. The van der Waals surface area contributed by atoms with Crippen molar-refractivity contribution >= 4 is 10.5 Å². The molecule has 0 bridgehead atoms. The Hall–Kier alpha value is 0.177. The Bertz CT molecular complexity index is 50.9. The van der Waals surface area contributed by atoms with Gasteiger partial charge in [-0.3, -0.25) is 0 Å². The SMILES string of the molecule is CCCC(CCC)O[Si]. The smallest absolute Gasteiger partial charge is 0.246 e. The fourth-order valence-electron chi connectivity index (χ4n) is 0.906. The van der Waals surface area contributed by atoms with Crippen LogP contribution in [0.25, 0.3) is 0 Å². The van der Waals surface area contributed by atoms with Crippen molar-refractivity contribution in [3.63, 3.8) is 0 Å². The van der Waals surface area contributed by atoms with Gasteiger partial charge >= 0.3 is 0 Å². The molecule has 0 aromatic carbocycles. The van der Waals surface area contributed by atoms with E-state index in [1.807, 2.05) is 0 Å². The highest BCUT2D eigenvalue weighted by Gasteiger charge is 2.01. The summed E-state index contributed by atoms with van der Waals surface area (Å²) in [7, 11) is 3.06. The van der Waals surface area contributed by atoms with E-state index < -0.39 is 0 Å². The van der Waals surface area contributed by atoms with Crippen molar-refractivity contribution in [3.8, 4) is 0 Å². The van der Waals surface area contributed by atoms with E-state index >= 15 is 0 Å². The predicted molar refractivity (Wildman–Crippen MR) is 40.4 cm³/mol. The standard InChI is InChI=1S/C7H15OSi/c1-3-5-7(8-9)6-4-2/h7H,3-6H2,1-2H3. The summed E-state index contributed by atoms with van der Waals surface area (Å²) >= 11 is 0. The first kappa shape index (κ1) is 9.18. The fourth-order valence-corrected chi connectivity index (χ4v) is 1.14. The second-order valence-electron chi connectivity index (χ2n) is 2.32. The molecule has 0 atom stereocenters. The first-order valence-corrected chi connectivity index (χ1v) is 4.08. The Balaban J connectivity index is 3.18. The average Bonchev–Trinajstić information content (AvgIpc) is 1.88. The van der Waals surface area contributed by atoms with E-state index in [-0.39, 0.29) is 0 Å². The van der Waals surface area contributed by atoms with Crippen LogP contribution < -0.4 is 0 Å². The minimum absolute atomic E-state index is 0.427. The van der Waals surface area contributed by atoms with Crippen LogP contribution in [-0.4, -0.2) is 16.6 Å². The normalized spacial score (nSPS) is 10.7. The summed E-state index contributed by atoms with van der Waals surface area (Å²) in [4.78, 5) is 0. The molecule has 0 unspecified atom stereocenters. The Morgan fingerprint density at radius 1 is 1.22 bits per heavy atom. The van der Waals surface area contributed by atoms with Crippen LogP contribution in [0.4, 0.5) is 0 Å². The second-order valence-corrected chi connectivity index (χ2v) is 2.55. The van der Waals surface area contributed by atoms with Gasteiger partial charge in [0.05, 0.1) is 0 Å². The van der Waals surface area contributed by atoms with Gasteiger partial charge in [-0.1, -0.05) is 26.7 Å². The molecule has 53 valence electrons. The van der Waals surface area contributed by atoms with Crippen LogP contribution in [0.5, 0.6) is 0 Å². The molecule has 0 aliphatic carbocycles. The van der Waals surface area contributed by atoms with Gasteiger partial charge in [-0.15, -0.1) is 0 Å². The van der Waals surface area contributed by atoms with E-state index in [9.17, 15) is 0 Å². The molecule has 0 rings (SSSR count). The van der Waals surface area contributed by atoms with E-state index in [0.717, 1.165) is 12.8 Å². The highest BCUT2D eigenvalue weighted by atomic mass is 28.2. The van der Waals surface area contributed by atoms with Crippen molar-refractivity contribution in [1.29, 1.82) is 0 Å². The van der Waals surface area contributed by atoms with Crippen LogP contribution in [0.2, 0.25) is 0 Å². The maximum atomic E-state index is 5.04. The lowest BCUT2D eigenvalue weighted by atomic mass is 10.1. The summed E-state index contributed by atoms with van der Waals surface area (Å²) in [6.07, 6.45) is 5.16. The zero-order valence-electron chi connectivity index (χ0n) is 6.31. The molecule has 1 nitrogen and oxygen atoms in total. The molecular formula is C7H15OSi. The third kappa shape index (κ3) is 4.67. The largest absolute Gasteiger partial charge is 0.416 e.